The van der Waals surface area contributed by atoms with Gasteiger partial charge in [-0.1, -0.05) is 19.8 Å². The van der Waals surface area contributed by atoms with Gasteiger partial charge in [0.2, 0.25) is 5.91 Å². The second-order valence-electron chi connectivity index (χ2n) is 6.63. The van der Waals surface area contributed by atoms with Crippen LogP contribution in [0.25, 0.3) is 0 Å². The van der Waals surface area contributed by atoms with Crippen LogP contribution in [0.5, 0.6) is 0 Å². The van der Waals surface area contributed by atoms with Crippen LogP contribution in [0.1, 0.15) is 44.8 Å². The number of anilines is 2. The summed E-state index contributed by atoms with van der Waals surface area (Å²) in [7, 11) is 0. The van der Waals surface area contributed by atoms with Crippen molar-refractivity contribution < 1.29 is 9.21 Å². The quantitative estimate of drug-likeness (QED) is 0.782. The smallest absolute Gasteiger partial charge is 0.330 e. The molecule has 0 aromatic carbocycles. The van der Waals surface area contributed by atoms with Gasteiger partial charge in [-0.2, -0.15) is 0 Å². The molecule has 1 aliphatic rings. The highest BCUT2D eigenvalue weighted by atomic mass is 16.3. The van der Waals surface area contributed by atoms with Crippen LogP contribution in [0.2, 0.25) is 0 Å². The van der Waals surface area contributed by atoms with Crippen LogP contribution in [0.15, 0.2) is 32.4 Å². The third-order valence-corrected chi connectivity index (χ3v) is 4.83. The van der Waals surface area contributed by atoms with Crippen molar-refractivity contribution in [3.05, 3.63) is 45.0 Å². The molecule has 0 radical (unpaired) electrons. The maximum atomic E-state index is 13.0. The lowest BCUT2D eigenvalue weighted by atomic mass is 9.84. The molecule has 1 aliphatic carbocycles. The lowest BCUT2D eigenvalue weighted by molar-refractivity contribution is -0.124. The van der Waals surface area contributed by atoms with E-state index >= 15 is 0 Å². The number of rotatable bonds is 7. The molecule has 0 aliphatic heterocycles. The first-order valence-corrected chi connectivity index (χ1v) is 8.99. The highest BCUT2D eigenvalue weighted by molar-refractivity contribution is 5.97. The molecule has 1 amide bonds. The molecule has 0 unspecified atom stereocenters. The summed E-state index contributed by atoms with van der Waals surface area (Å²) >= 11 is 0. The van der Waals surface area contributed by atoms with Gasteiger partial charge in [0, 0.05) is 12.5 Å². The molecule has 8 nitrogen and oxygen atoms in total. The number of carbonyl (C=O) groups excluding carboxylic acids is 1. The second-order valence-corrected chi connectivity index (χ2v) is 6.63. The highest BCUT2D eigenvalue weighted by Crippen LogP contribution is 2.31. The Morgan fingerprint density at radius 1 is 1.42 bits per heavy atom. The van der Waals surface area contributed by atoms with Gasteiger partial charge in [0.05, 0.1) is 12.8 Å². The number of hydrogen-bond donors (Lipinski definition) is 2. The van der Waals surface area contributed by atoms with Crippen LogP contribution in [0.3, 0.4) is 0 Å². The number of carbonyl (C=O) groups is 1. The molecule has 2 aromatic heterocycles. The van der Waals surface area contributed by atoms with E-state index in [4.69, 9.17) is 10.2 Å². The van der Waals surface area contributed by atoms with E-state index in [1.807, 2.05) is 6.92 Å². The van der Waals surface area contributed by atoms with E-state index in [1.54, 1.807) is 12.1 Å². The SMILES string of the molecule is CCCCn1c(N)c(N(Cc2ccco2)C(=O)C2CCC2)c(=O)[nH]c1=O. The van der Waals surface area contributed by atoms with Crippen LogP contribution in [0.4, 0.5) is 11.5 Å². The molecular formula is C18H24N4O4. The number of furan rings is 1. The maximum absolute atomic E-state index is 13.0. The summed E-state index contributed by atoms with van der Waals surface area (Å²) in [6, 6.07) is 3.45. The number of amides is 1. The summed E-state index contributed by atoms with van der Waals surface area (Å²) in [5.74, 6) is 0.277. The number of aromatic amines is 1. The molecular weight excluding hydrogens is 336 g/mol. The summed E-state index contributed by atoms with van der Waals surface area (Å²) in [5, 5.41) is 0. The van der Waals surface area contributed by atoms with Crippen molar-refractivity contribution >= 4 is 17.4 Å². The van der Waals surface area contributed by atoms with Gasteiger partial charge in [-0.25, -0.2) is 4.79 Å². The van der Waals surface area contributed by atoms with Crippen molar-refractivity contribution in [2.24, 2.45) is 5.92 Å². The van der Waals surface area contributed by atoms with E-state index in [-0.39, 0.29) is 29.9 Å². The van der Waals surface area contributed by atoms with Crippen molar-refractivity contribution in [2.75, 3.05) is 10.6 Å². The van der Waals surface area contributed by atoms with Gasteiger partial charge in [-0.3, -0.25) is 24.0 Å². The Labute approximate surface area is 150 Å². The Balaban J connectivity index is 2.05. The van der Waals surface area contributed by atoms with Gasteiger partial charge in [-0.15, -0.1) is 0 Å². The first-order valence-electron chi connectivity index (χ1n) is 8.99. The number of H-pyrrole nitrogens is 1. The average Bonchev–Trinajstić information content (AvgIpc) is 3.05. The summed E-state index contributed by atoms with van der Waals surface area (Å²) in [4.78, 5) is 41.3. The molecule has 8 heteroatoms. The third-order valence-electron chi connectivity index (χ3n) is 4.83. The number of nitrogens with one attached hydrogen (secondary N) is 1. The normalized spacial score (nSPS) is 14.2. The number of unbranched alkanes of at least 4 members (excludes halogenated alkanes) is 1. The minimum Gasteiger partial charge on any atom is -0.467 e. The zero-order chi connectivity index (χ0) is 18.7. The maximum Gasteiger partial charge on any atom is 0.330 e. The Morgan fingerprint density at radius 3 is 2.77 bits per heavy atom. The van der Waals surface area contributed by atoms with Gasteiger partial charge >= 0.3 is 5.69 Å². The van der Waals surface area contributed by atoms with Gasteiger partial charge in [0.15, 0.2) is 5.69 Å². The van der Waals surface area contributed by atoms with Crippen molar-refractivity contribution in [1.29, 1.82) is 0 Å². The molecule has 1 fully saturated rings. The number of nitrogen functional groups attached to an aromatic ring is 1. The lowest BCUT2D eigenvalue weighted by Gasteiger charge is -2.31. The van der Waals surface area contributed by atoms with E-state index in [2.05, 4.69) is 4.98 Å². The van der Waals surface area contributed by atoms with Crippen LogP contribution in [-0.2, 0) is 17.9 Å². The molecule has 3 N–H and O–H groups in total. The molecule has 1 saturated carbocycles. The third kappa shape index (κ3) is 3.44. The molecule has 140 valence electrons. The molecule has 3 rings (SSSR count). The molecule has 2 aromatic rings. The molecule has 0 bridgehead atoms. The summed E-state index contributed by atoms with van der Waals surface area (Å²) in [6.07, 6.45) is 5.70. The minimum atomic E-state index is -0.653. The molecule has 26 heavy (non-hydrogen) atoms. The van der Waals surface area contributed by atoms with Crippen LogP contribution in [0, 0.1) is 5.92 Å². The largest absolute Gasteiger partial charge is 0.467 e. The van der Waals surface area contributed by atoms with E-state index < -0.39 is 11.2 Å². The molecule has 0 saturated heterocycles. The standard InChI is InChI=1S/C18H24N4O4/c1-2-3-9-21-15(19)14(16(23)20-18(21)25)22(11-13-8-5-10-26-13)17(24)12-6-4-7-12/h5,8,10,12H,2-4,6-7,9,11,19H2,1H3,(H,20,23,25). The zero-order valence-electron chi connectivity index (χ0n) is 14.9. The fraction of sp³-hybridized carbons (Fsp3) is 0.500. The minimum absolute atomic E-state index is 0.0198. The molecule has 0 spiro atoms. The Morgan fingerprint density at radius 2 is 2.19 bits per heavy atom. The molecule has 0 atom stereocenters. The van der Waals surface area contributed by atoms with Crippen molar-refractivity contribution in [2.45, 2.75) is 52.1 Å². The predicted molar refractivity (Wildman–Crippen MR) is 97.9 cm³/mol. The predicted octanol–water partition coefficient (Wildman–Crippen LogP) is 1.85. The van der Waals surface area contributed by atoms with Crippen LogP contribution < -0.4 is 21.9 Å². The highest BCUT2D eigenvalue weighted by Gasteiger charge is 2.33. The monoisotopic (exact) mass is 360 g/mol. The van der Waals surface area contributed by atoms with Crippen molar-refractivity contribution in [3.8, 4) is 0 Å². The Kier molecular flexibility index (Phi) is 5.29. The van der Waals surface area contributed by atoms with E-state index in [0.29, 0.717) is 12.3 Å². The van der Waals surface area contributed by atoms with Crippen LogP contribution in [-0.4, -0.2) is 15.5 Å². The summed E-state index contributed by atoms with van der Waals surface area (Å²) in [5.41, 5.74) is 4.98. The fourth-order valence-electron chi connectivity index (χ4n) is 3.08. The number of aromatic nitrogens is 2. The van der Waals surface area contributed by atoms with Gasteiger partial charge in [0.1, 0.15) is 11.6 Å². The molecule has 2 heterocycles. The van der Waals surface area contributed by atoms with Gasteiger partial charge < -0.3 is 10.2 Å². The van der Waals surface area contributed by atoms with Crippen molar-refractivity contribution in [3.63, 3.8) is 0 Å². The van der Waals surface area contributed by atoms with Gasteiger partial charge in [-0.05, 0) is 31.4 Å². The average molecular weight is 360 g/mol. The number of nitrogens with zero attached hydrogens (tertiary/aromatic N) is 2. The van der Waals surface area contributed by atoms with Crippen molar-refractivity contribution in [1.82, 2.24) is 9.55 Å². The fourth-order valence-corrected chi connectivity index (χ4v) is 3.08. The van der Waals surface area contributed by atoms with Crippen LogP contribution >= 0.6 is 0 Å². The van der Waals surface area contributed by atoms with Gasteiger partial charge in [0.25, 0.3) is 5.56 Å². The second kappa shape index (κ2) is 7.63. The van der Waals surface area contributed by atoms with E-state index in [1.165, 1.54) is 15.7 Å². The van der Waals surface area contributed by atoms with E-state index in [9.17, 15) is 14.4 Å². The first-order chi connectivity index (χ1) is 12.5. The first kappa shape index (κ1) is 18.0. The van der Waals surface area contributed by atoms with E-state index in [0.717, 1.165) is 32.1 Å². The summed E-state index contributed by atoms with van der Waals surface area (Å²) in [6.45, 7) is 2.48. The Hall–Kier alpha value is -2.77. The lowest BCUT2D eigenvalue weighted by Crippen LogP contribution is -2.44. The summed E-state index contributed by atoms with van der Waals surface area (Å²) < 4.78 is 6.67. The Bertz CT molecular complexity index is 878. The zero-order valence-corrected chi connectivity index (χ0v) is 14.9. The number of nitrogens with two attached hydrogens (primary N) is 1. The number of hydrogen-bond acceptors (Lipinski definition) is 5. The topological polar surface area (TPSA) is 114 Å².